The number of nitrogens with one attached hydrogen (secondary N) is 2. The molecule has 2 amide bonds. The summed E-state index contributed by atoms with van der Waals surface area (Å²) >= 11 is 0. The van der Waals surface area contributed by atoms with E-state index in [1.54, 1.807) is 30.0 Å². The molecule has 1 aliphatic rings. The first-order chi connectivity index (χ1) is 17.5. The average molecular weight is 513 g/mol. The summed E-state index contributed by atoms with van der Waals surface area (Å²) in [6.07, 6.45) is -3.84. The monoisotopic (exact) mass is 513 g/mol. The Hall–Kier alpha value is -4.46. The van der Waals surface area contributed by atoms with Crippen molar-refractivity contribution in [1.82, 2.24) is 15.2 Å². The van der Waals surface area contributed by atoms with Crippen molar-refractivity contribution in [3.63, 3.8) is 0 Å². The zero-order valence-corrected chi connectivity index (χ0v) is 19.6. The third kappa shape index (κ3) is 6.61. The van der Waals surface area contributed by atoms with E-state index < -0.39 is 23.9 Å². The number of ether oxygens (including phenoxy) is 1. The highest BCUT2D eigenvalue weighted by molar-refractivity contribution is 6.10. The predicted molar refractivity (Wildman–Crippen MR) is 125 cm³/mol. The van der Waals surface area contributed by atoms with Crippen LogP contribution in [0.15, 0.2) is 59.7 Å². The summed E-state index contributed by atoms with van der Waals surface area (Å²) in [5.74, 6) is -2.88. The van der Waals surface area contributed by atoms with Crippen molar-refractivity contribution in [2.45, 2.75) is 19.1 Å². The van der Waals surface area contributed by atoms with Crippen LogP contribution in [0.25, 0.3) is 0 Å². The van der Waals surface area contributed by atoms with Gasteiger partial charge in [0.2, 0.25) is 5.76 Å². The summed E-state index contributed by atoms with van der Waals surface area (Å²) < 4.78 is 42.9. The number of halogens is 3. The number of carbonyl (C=O) groups is 2. The summed E-state index contributed by atoms with van der Waals surface area (Å²) in [5, 5.41) is 29.0. The Morgan fingerprint density at radius 2 is 2.03 bits per heavy atom. The van der Waals surface area contributed by atoms with Crippen molar-refractivity contribution in [3.8, 4) is 6.07 Å². The maximum atomic E-state index is 13.1. The number of morpholine rings is 1. The lowest BCUT2D eigenvalue weighted by molar-refractivity contribution is -0.120. The number of aliphatic hydroxyl groups excluding tert-OH is 1. The van der Waals surface area contributed by atoms with Crippen molar-refractivity contribution in [2.24, 2.45) is 0 Å². The third-order valence-corrected chi connectivity index (χ3v) is 5.50. The third-order valence-electron chi connectivity index (χ3n) is 5.50. The average Bonchev–Trinajstić information content (AvgIpc) is 2.90. The molecule has 37 heavy (non-hydrogen) atoms. The summed E-state index contributed by atoms with van der Waals surface area (Å²) in [5.41, 5.74) is 1.68. The summed E-state index contributed by atoms with van der Waals surface area (Å²) in [6, 6.07) is 10.6. The second kappa shape index (κ2) is 11.5. The number of amides is 2. The molecule has 0 bridgehead atoms. The molecule has 2 aromatic rings. The summed E-state index contributed by atoms with van der Waals surface area (Å²) in [6.45, 7) is 1.98. The Kier molecular flexibility index (Phi) is 8.45. The second-order valence-corrected chi connectivity index (χ2v) is 8.00. The van der Waals surface area contributed by atoms with Gasteiger partial charge in [0, 0.05) is 30.4 Å². The molecule has 1 aromatic heterocycles. The molecule has 3 rings (SSSR count). The van der Waals surface area contributed by atoms with Crippen LogP contribution in [0.2, 0.25) is 0 Å². The Morgan fingerprint density at radius 1 is 1.30 bits per heavy atom. The van der Waals surface area contributed by atoms with Crippen molar-refractivity contribution < 1.29 is 32.6 Å². The Bertz CT molecular complexity index is 1310. The molecule has 12 heteroatoms. The van der Waals surface area contributed by atoms with Crippen molar-refractivity contribution in [3.05, 3.63) is 82.0 Å². The van der Waals surface area contributed by atoms with Gasteiger partial charge in [0.25, 0.3) is 11.8 Å². The van der Waals surface area contributed by atoms with Crippen LogP contribution < -0.4 is 5.32 Å². The van der Waals surface area contributed by atoms with Crippen LogP contribution in [0.1, 0.15) is 38.9 Å². The minimum Gasteiger partial charge on any atom is -0.498 e. The molecule has 1 aromatic carbocycles. The molecule has 1 unspecified atom stereocenters. The first-order valence-corrected chi connectivity index (χ1v) is 11.0. The molecule has 1 fully saturated rings. The van der Waals surface area contributed by atoms with Crippen LogP contribution in [0.4, 0.5) is 13.2 Å². The van der Waals surface area contributed by atoms with E-state index in [0.29, 0.717) is 6.61 Å². The number of alkyl halides is 3. The minimum atomic E-state index is -4.98. The Balaban J connectivity index is 1.67. The molecule has 1 aliphatic heterocycles. The number of nitriles is 1. The lowest BCUT2D eigenvalue weighted by Gasteiger charge is -2.35. The highest BCUT2D eigenvalue weighted by Gasteiger charge is 2.34. The number of hydrogen-bond donors (Lipinski definition) is 3. The zero-order valence-electron chi connectivity index (χ0n) is 19.6. The van der Waals surface area contributed by atoms with E-state index in [-0.39, 0.29) is 59.3 Å². The van der Waals surface area contributed by atoms with Crippen molar-refractivity contribution in [2.75, 3.05) is 26.3 Å². The van der Waals surface area contributed by atoms with Crippen LogP contribution in [-0.4, -0.2) is 71.0 Å². The molecule has 0 aliphatic carbocycles. The number of aliphatic hydroxyl groups is 1. The first-order valence-electron chi connectivity index (χ1n) is 11.0. The van der Waals surface area contributed by atoms with E-state index in [1.807, 2.05) is 6.07 Å². The first kappa shape index (κ1) is 27.1. The van der Waals surface area contributed by atoms with Crippen LogP contribution >= 0.6 is 0 Å². The van der Waals surface area contributed by atoms with E-state index in [1.165, 1.54) is 24.0 Å². The highest BCUT2D eigenvalue weighted by atomic mass is 19.4. The summed E-state index contributed by atoms with van der Waals surface area (Å²) in [4.78, 5) is 31.2. The van der Waals surface area contributed by atoms with E-state index in [9.17, 15) is 28.0 Å². The fraction of sp³-hybridized carbons (Fsp3) is 0.280. The number of hydrogen-bond acceptors (Lipinski definition) is 7. The molecule has 0 spiro atoms. The topological polar surface area (TPSA) is 139 Å². The molecule has 9 nitrogen and oxygen atoms in total. The maximum absolute atomic E-state index is 13.1. The van der Waals surface area contributed by atoms with Gasteiger partial charge in [-0.1, -0.05) is 17.9 Å². The molecule has 1 saturated heterocycles. The Morgan fingerprint density at radius 3 is 2.68 bits per heavy atom. The number of allylic oxidation sites excluding steroid dienone is 1. The van der Waals surface area contributed by atoms with E-state index in [4.69, 9.17) is 15.3 Å². The fourth-order valence-corrected chi connectivity index (χ4v) is 3.52. The van der Waals surface area contributed by atoms with Gasteiger partial charge in [-0.2, -0.15) is 18.4 Å². The Labute approximate surface area is 210 Å². The lowest BCUT2D eigenvalue weighted by atomic mass is 10.1. The van der Waals surface area contributed by atoms with Gasteiger partial charge in [-0.3, -0.25) is 20.0 Å². The van der Waals surface area contributed by atoms with Gasteiger partial charge in [-0.25, -0.2) is 0 Å². The van der Waals surface area contributed by atoms with Gasteiger partial charge in [0.05, 0.1) is 42.2 Å². The maximum Gasteiger partial charge on any atom is 0.456 e. The van der Waals surface area contributed by atoms with Gasteiger partial charge in [0.15, 0.2) is 0 Å². The zero-order chi connectivity index (χ0) is 27.2. The molecular weight excluding hydrogens is 491 g/mol. The minimum absolute atomic E-state index is 0.0173. The van der Waals surface area contributed by atoms with E-state index in [2.05, 4.69) is 10.3 Å². The molecule has 0 saturated carbocycles. The molecular formula is C25H22F3N5O4. The highest BCUT2D eigenvalue weighted by Crippen LogP contribution is 2.23. The molecule has 1 atom stereocenters. The standard InChI is InChI=1S/C25H22F3N5O4/c1-15(10-21(34)25(26,27)28)22(30)17-6-7-20(31-12-17)23(35)32-13-18-14-37-9-8-33(18)24(36)19-5-3-2-4-16(19)11-29/h2-7,12,18,30,34H,8-9,13-14H2,1H3,(H,32,35). The predicted octanol–water partition coefficient (Wildman–Crippen LogP) is 3.14. The lowest BCUT2D eigenvalue weighted by Crippen LogP contribution is -2.53. The molecule has 0 radical (unpaired) electrons. The fourth-order valence-electron chi connectivity index (χ4n) is 3.52. The van der Waals surface area contributed by atoms with Crippen LogP contribution in [0.5, 0.6) is 0 Å². The molecule has 3 N–H and O–H groups in total. The second-order valence-electron chi connectivity index (χ2n) is 8.00. The van der Waals surface area contributed by atoms with Crippen molar-refractivity contribution in [1.29, 1.82) is 10.7 Å². The number of pyridine rings is 1. The molecule has 2 heterocycles. The summed E-state index contributed by atoms with van der Waals surface area (Å²) in [7, 11) is 0. The number of aromatic nitrogens is 1. The largest absolute Gasteiger partial charge is 0.498 e. The van der Waals surface area contributed by atoms with Gasteiger partial charge in [0.1, 0.15) is 5.69 Å². The van der Waals surface area contributed by atoms with E-state index >= 15 is 0 Å². The van der Waals surface area contributed by atoms with E-state index in [0.717, 1.165) is 6.20 Å². The normalized spacial score (nSPS) is 15.2. The van der Waals surface area contributed by atoms with Gasteiger partial charge in [-0.15, -0.1) is 0 Å². The quantitative estimate of drug-likeness (QED) is 0.308. The number of rotatable bonds is 6. The van der Waals surface area contributed by atoms with Gasteiger partial charge in [-0.05, 0) is 31.2 Å². The van der Waals surface area contributed by atoms with Crippen LogP contribution in [-0.2, 0) is 4.74 Å². The molecule has 192 valence electrons. The number of benzene rings is 1. The number of carbonyl (C=O) groups excluding carboxylic acids is 2. The SMILES string of the molecule is CC(=C=C(O)C(F)(F)F)C(=N)c1ccc(C(=O)NCC2COCCN2C(=O)c2ccccc2C#N)nc1. The van der Waals surface area contributed by atoms with Gasteiger partial charge < -0.3 is 20.1 Å². The van der Waals surface area contributed by atoms with Crippen LogP contribution in [0, 0.1) is 16.7 Å². The number of nitrogens with zero attached hydrogens (tertiary/aromatic N) is 3. The smallest absolute Gasteiger partial charge is 0.456 e. The van der Waals surface area contributed by atoms with Crippen LogP contribution in [0.3, 0.4) is 0 Å². The van der Waals surface area contributed by atoms with Gasteiger partial charge >= 0.3 is 6.18 Å². The van der Waals surface area contributed by atoms with Crippen molar-refractivity contribution >= 4 is 17.5 Å².